The van der Waals surface area contributed by atoms with Crippen LogP contribution in [-0.4, -0.2) is 27.5 Å². The van der Waals surface area contributed by atoms with E-state index in [4.69, 9.17) is 27.9 Å². The van der Waals surface area contributed by atoms with Gasteiger partial charge in [0.1, 0.15) is 9.96 Å². The summed E-state index contributed by atoms with van der Waals surface area (Å²) in [5, 5.41) is 5.26. The van der Waals surface area contributed by atoms with Crippen LogP contribution in [0.15, 0.2) is 58.1 Å². The van der Waals surface area contributed by atoms with Crippen molar-refractivity contribution in [2.45, 2.75) is 17.1 Å². The van der Waals surface area contributed by atoms with Crippen molar-refractivity contribution in [2.24, 2.45) is 0 Å². The molecular weight excluding hydrogens is 479 g/mol. The first kappa shape index (κ1) is 22.0. The number of halogens is 2. The third-order valence-electron chi connectivity index (χ3n) is 4.74. The highest BCUT2D eigenvalue weighted by Gasteiger charge is 2.30. The van der Waals surface area contributed by atoms with Gasteiger partial charge in [-0.2, -0.15) is 0 Å². The zero-order valence-corrected chi connectivity index (χ0v) is 19.3. The molecule has 0 unspecified atom stereocenters. The van der Waals surface area contributed by atoms with Gasteiger partial charge in [-0.3, -0.25) is 9.10 Å². The maximum atomic E-state index is 13.1. The highest BCUT2D eigenvalue weighted by Crippen LogP contribution is 2.35. The Morgan fingerprint density at radius 1 is 1.16 bits per heavy atom. The smallest absolute Gasteiger partial charge is 0.273 e. The Balaban J connectivity index is 1.50. The number of hydrogen-bond acceptors (Lipinski definition) is 5. The molecule has 0 spiro atoms. The van der Waals surface area contributed by atoms with Crippen LogP contribution in [0.5, 0.6) is 5.75 Å². The summed E-state index contributed by atoms with van der Waals surface area (Å²) in [6.45, 7) is 0.137. The molecule has 31 heavy (non-hydrogen) atoms. The van der Waals surface area contributed by atoms with Crippen LogP contribution in [0.25, 0.3) is 0 Å². The number of ether oxygens (including phenoxy) is 1. The summed E-state index contributed by atoms with van der Waals surface area (Å²) in [6.07, 6.45) is 1.51. The first-order valence-electron chi connectivity index (χ1n) is 9.41. The third-order valence-corrected chi connectivity index (χ3v) is 8.45. The van der Waals surface area contributed by atoms with Gasteiger partial charge in [-0.05, 0) is 60.2 Å². The molecule has 0 saturated carbocycles. The summed E-state index contributed by atoms with van der Waals surface area (Å²) in [5.41, 5.74) is 2.00. The molecule has 0 saturated heterocycles. The quantitative estimate of drug-likeness (QED) is 0.507. The van der Waals surface area contributed by atoms with Gasteiger partial charge in [0.2, 0.25) is 0 Å². The summed E-state index contributed by atoms with van der Waals surface area (Å²) in [6, 6.07) is 13.3. The molecule has 6 nitrogen and oxygen atoms in total. The van der Waals surface area contributed by atoms with Gasteiger partial charge in [0.25, 0.3) is 15.9 Å². The summed E-state index contributed by atoms with van der Waals surface area (Å²) in [4.78, 5) is 12.4. The summed E-state index contributed by atoms with van der Waals surface area (Å²) in [5.74, 6) is -0.0469. The Morgan fingerprint density at radius 2 is 2.00 bits per heavy atom. The number of fused-ring (bicyclic) bond motifs is 1. The Morgan fingerprint density at radius 3 is 2.74 bits per heavy atom. The fourth-order valence-electron chi connectivity index (χ4n) is 3.32. The topological polar surface area (TPSA) is 75.7 Å². The Hall–Kier alpha value is -2.26. The molecular formula is C21H18Cl2N2O4S2. The highest BCUT2D eigenvalue weighted by atomic mass is 35.5. The van der Waals surface area contributed by atoms with E-state index in [9.17, 15) is 13.2 Å². The Labute approximate surface area is 194 Å². The van der Waals surface area contributed by atoms with Gasteiger partial charge in [-0.15, -0.1) is 11.3 Å². The second kappa shape index (κ2) is 9.08. The number of aryl methyl sites for hydroxylation is 1. The monoisotopic (exact) mass is 496 g/mol. The second-order valence-corrected chi connectivity index (χ2v) is 10.7. The number of benzene rings is 2. The Kier molecular flexibility index (Phi) is 6.43. The lowest BCUT2D eigenvalue weighted by atomic mass is 10.0. The molecule has 162 valence electrons. The van der Waals surface area contributed by atoms with Crippen molar-refractivity contribution in [3.05, 3.63) is 69.5 Å². The van der Waals surface area contributed by atoms with E-state index in [-0.39, 0.29) is 6.61 Å². The van der Waals surface area contributed by atoms with Gasteiger partial charge in [-0.1, -0.05) is 35.3 Å². The van der Waals surface area contributed by atoms with E-state index >= 15 is 0 Å². The van der Waals surface area contributed by atoms with Gasteiger partial charge in [0, 0.05) is 17.3 Å². The molecule has 2 aromatic carbocycles. The number of carbonyl (C=O) groups excluding carboxylic acids is 1. The molecule has 1 aliphatic heterocycles. The predicted molar refractivity (Wildman–Crippen MR) is 124 cm³/mol. The van der Waals surface area contributed by atoms with E-state index < -0.39 is 15.9 Å². The van der Waals surface area contributed by atoms with Crippen LogP contribution >= 0.6 is 34.5 Å². The van der Waals surface area contributed by atoms with E-state index in [0.717, 1.165) is 18.4 Å². The number of rotatable bonds is 6. The van der Waals surface area contributed by atoms with Crippen molar-refractivity contribution >= 4 is 61.8 Å². The van der Waals surface area contributed by atoms with Crippen LogP contribution in [0.1, 0.15) is 12.0 Å². The summed E-state index contributed by atoms with van der Waals surface area (Å²) >= 11 is 13.1. The number of sulfonamides is 1. The largest absolute Gasteiger partial charge is 0.482 e. The second-order valence-electron chi connectivity index (χ2n) is 6.87. The van der Waals surface area contributed by atoms with Crippen LogP contribution in [0.2, 0.25) is 10.0 Å². The van der Waals surface area contributed by atoms with E-state index in [1.165, 1.54) is 21.7 Å². The maximum Gasteiger partial charge on any atom is 0.273 e. The minimum absolute atomic E-state index is 0.254. The zero-order chi connectivity index (χ0) is 22.0. The van der Waals surface area contributed by atoms with Crippen molar-refractivity contribution in [1.29, 1.82) is 0 Å². The molecule has 10 heteroatoms. The predicted octanol–water partition coefficient (Wildman–Crippen LogP) is 5.21. The molecule has 2 heterocycles. The summed E-state index contributed by atoms with van der Waals surface area (Å²) in [7, 11) is -3.64. The zero-order valence-electron chi connectivity index (χ0n) is 16.2. The molecule has 1 aromatic heterocycles. The fourth-order valence-corrected chi connectivity index (χ4v) is 6.42. The van der Waals surface area contributed by atoms with Crippen molar-refractivity contribution in [2.75, 3.05) is 22.8 Å². The molecule has 3 aromatic rings. The molecule has 0 atom stereocenters. The van der Waals surface area contributed by atoms with Crippen molar-refractivity contribution in [3.8, 4) is 5.75 Å². The standard InChI is InChI=1S/C21H18Cl2N2O4S2/c22-15-6-8-19(17(23)11-15)29-13-20(26)24-16-7-5-14-3-1-9-25(18(14)12-16)31(27,28)21-4-2-10-30-21/h2,4-8,10-12H,1,3,9,13H2,(H,24,26). The maximum absolute atomic E-state index is 13.1. The highest BCUT2D eigenvalue weighted by molar-refractivity contribution is 7.94. The SMILES string of the molecule is O=C(COc1ccc(Cl)cc1Cl)Nc1ccc2c(c1)N(S(=O)(=O)c1cccs1)CCC2. The van der Waals surface area contributed by atoms with Crippen molar-refractivity contribution in [3.63, 3.8) is 0 Å². The van der Waals surface area contributed by atoms with Crippen molar-refractivity contribution in [1.82, 2.24) is 0 Å². The molecule has 1 amide bonds. The Bertz CT molecular complexity index is 1210. The molecule has 0 bridgehead atoms. The van der Waals surface area contributed by atoms with Crippen molar-refractivity contribution < 1.29 is 17.9 Å². The number of nitrogens with one attached hydrogen (secondary N) is 1. The van der Waals surface area contributed by atoms with Gasteiger partial charge < -0.3 is 10.1 Å². The molecule has 4 rings (SSSR count). The van der Waals surface area contributed by atoms with E-state index in [0.29, 0.717) is 37.9 Å². The molecule has 0 radical (unpaired) electrons. The lowest BCUT2D eigenvalue weighted by Gasteiger charge is -2.30. The van der Waals surface area contributed by atoms with Gasteiger partial charge in [0.05, 0.1) is 10.7 Å². The van der Waals surface area contributed by atoms with Gasteiger partial charge in [0.15, 0.2) is 6.61 Å². The number of thiophene rings is 1. The van der Waals surface area contributed by atoms with Gasteiger partial charge >= 0.3 is 0 Å². The average Bonchev–Trinajstić information content (AvgIpc) is 3.28. The van der Waals surface area contributed by atoms with Crippen LogP contribution in [0.3, 0.4) is 0 Å². The van der Waals surface area contributed by atoms with Crippen LogP contribution in [0, 0.1) is 0 Å². The number of nitrogens with zero attached hydrogens (tertiary/aromatic N) is 1. The van der Waals surface area contributed by atoms with Crippen LogP contribution in [-0.2, 0) is 21.2 Å². The van der Waals surface area contributed by atoms with E-state index in [1.54, 1.807) is 41.8 Å². The van der Waals surface area contributed by atoms with Crippen LogP contribution in [0.4, 0.5) is 11.4 Å². The third kappa shape index (κ3) is 4.82. The fraction of sp³-hybridized carbons (Fsp3) is 0.190. The average molecular weight is 497 g/mol. The molecule has 1 N–H and O–H groups in total. The molecule has 1 aliphatic rings. The van der Waals surface area contributed by atoms with Crippen LogP contribution < -0.4 is 14.4 Å². The minimum Gasteiger partial charge on any atom is -0.482 e. The van der Waals surface area contributed by atoms with E-state index in [2.05, 4.69) is 5.32 Å². The number of carbonyl (C=O) groups is 1. The lowest BCUT2D eigenvalue weighted by molar-refractivity contribution is -0.118. The molecule has 0 fully saturated rings. The summed E-state index contributed by atoms with van der Waals surface area (Å²) < 4.78 is 33.3. The number of anilines is 2. The number of hydrogen-bond donors (Lipinski definition) is 1. The first-order valence-corrected chi connectivity index (χ1v) is 12.5. The van der Waals surface area contributed by atoms with E-state index in [1.807, 2.05) is 6.07 Å². The first-order chi connectivity index (χ1) is 14.8. The lowest BCUT2D eigenvalue weighted by Crippen LogP contribution is -2.35. The van der Waals surface area contributed by atoms with Gasteiger partial charge in [-0.25, -0.2) is 8.42 Å². The molecule has 0 aliphatic carbocycles. The number of amides is 1. The normalized spacial score (nSPS) is 13.5. The minimum atomic E-state index is -3.64.